The van der Waals surface area contributed by atoms with Crippen molar-refractivity contribution in [2.45, 2.75) is 45.4 Å². The summed E-state index contributed by atoms with van der Waals surface area (Å²) >= 11 is 12.2. The van der Waals surface area contributed by atoms with E-state index in [4.69, 9.17) is 37.4 Å². The molecule has 2 heterocycles. The smallest absolute Gasteiger partial charge is 0.240 e. The first-order valence-corrected chi connectivity index (χ1v) is 10.4. The molecule has 1 amide bonds. The number of hydrogen-bond donors (Lipinski definition) is 1. The number of carbonyl (C=O) groups is 1. The first-order valence-electron chi connectivity index (χ1n) is 9.67. The number of halogens is 2. The maximum absolute atomic E-state index is 11.0. The lowest BCUT2D eigenvalue weighted by Gasteiger charge is -2.35. The van der Waals surface area contributed by atoms with Crippen LogP contribution in [0.3, 0.4) is 0 Å². The largest absolute Gasteiger partial charge is 0.476 e. The van der Waals surface area contributed by atoms with Gasteiger partial charge in [-0.1, -0.05) is 29.3 Å². The number of pyridine rings is 1. The number of nitrogens with one attached hydrogen (secondary N) is 1. The Balaban J connectivity index is 1.41. The highest BCUT2D eigenvalue weighted by atomic mass is 35.5. The van der Waals surface area contributed by atoms with Crippen LogP contribution in [-0.4, -0.2) is 46.2 Å². The number of carbonyl (C=O) groups excluding carboxylic acids is 1. The van der Waals surface area contributed by atoms with E-state index < -0.39 is 0 Å². The summed E-state index contributed by atoms with van der Waals surface area (Å²) in [4.78, 5) is 23.3. The molecule has 2 aromatic rings. The minimum Gasteiger partial charge on any atom is -0.476 e. The van der Waals surface area contributed by atoms with Crippen molar-refractivity contribution in [1.82, 2.24) is 20.3 Å². The standard InChI is InChI=1S/C20H24Cl2N4O4/c1-12(25-13(2)27)8-28-16-6-14(7-16)9-29-19-18(22)20(24-11-23-19)30-10-15-4-3-5-17(21)26-15/h3-5,11-12,14,16H,6-10H2,1-2H3,(H,25,27)/t12-,14-,16-/m0/s1. The number of hydrogen-bond acceptors (Lipinski definition) is 7. The molecule has 1 aliphatic rings. The number of amides is 1. The van der Waals surface area contributed by atoms with Crippen LogP contribution in [0, 0.1) is 5.92 Å². The molecule has 162 valence electrons. The lowest BCUT2D eigenvalue weighted by atomic mass is 9.83. The lowest BCUT2D eigenvalue weighted by molar-refractivity contribution is -0.120. The average molecular weight is 455 g/mol. The van der Waals surface area contributed by atoms with Crippen LogP contribution in [0.25, 0.3) is 0 Å². The predicted molar refractivity (Wildman–Crippen MR) is 112 cm³/mol. The van der Waals surface area contributed by atoms with E-state index in [1.165, 1.54) is 13.3 Å². The van der Waals surface area contributed by atoms with Crippen LogP contribution >= 0.6 is 23.2 Å². The van der Waals surface area contributed by atoms with Gasteiger partial charge >= 0.3 is 0 Å². The molecule has 0 spiro atoms. The number of aromatic nitrogens is 3. The van der Waals surface area contributed by atoms with Crippen LogP contribution in [0.2, 0.25) is 10.2 Å². The van der Waals surface area contributed by atoms with Gasteiger partial charge in [0.15, 0.2) is 5.02 Å². The highest BCUT2D eigenvalue weighted by Crippen LogP contribution is 2.34. The Morgan fingerprint density at radius 2 is 1.97 bits per heavy atom. The summed E-state index contributed by atoms with van der Waals surface area (Å²) in [6, 6.07) is 5.28. The monoisotopic (exact) mass is 454 g/mol. The first kappa shape index (κ1) is 22.5. The molecule has 1 atom stereocenters. The van der Waals surface area contributed by atoms with Gasteiger partial charge in [0.25, 0.3) is 0 Å². The second-order valence-electron chi connectivity index (χ2n) is 7.24. The minimum absolute atomic E-state index is 0.00171. The highest BCUT2D eigenvalue weighted by molar-refractivity contribution is 6.33. The van der Waals surface area contributed by atoms with Gasteiger partial charge in [0.05, 0.1) is 25.0 Å². The van der Waals surface area contributed by atoms with Crippen molar-refractivity contribution in [3.8, 4) is 11.8 Å². The van der Waals surface area contributed by atoms with Crippen LogP contribution < -0.4 is 14.8 Å². The second kappa shape index (κ2) is 10.7. The van der Waals surface area contributed by atoms with Crippen molar-refractivity contribution >= 4 is 29.1 Å². The van der Waals surface area contributed by atoms with E-state index in [0.29, 0.717) is 30.0 Å². The molecule has 0 saturated heterocycles. The maximum atomic E-state index is 11.0. The summed E-state index contributed by atoms with van der Waals surface area (Å²) < 4.78 is 17.2. The fourth-order valence-electron chi connectivity index (χ4n) is 3.03. The predicted octanol–water partition coefficient (Wildman–Crippen LogP) is 3.46. The Hall–Kier alpha value is -2.16. The molecule has 0 aliphatic heterocycles. The molecule has 0 unspecified atom stereocenters. The molecular formula is C20H24Cl2N4O4. The van der Waals surface area contributed by atoms with Gasteiger partial charge in [-0.25, -0.2) is 15.0 Å². The molecule has 0 aromatic carbocycles. The van der Waals surface area contributed by atoms with Crippen molar-refractivity contribution in [3.63, 3.8) is 0 Å². The molecule has 1 N–H and O–H groups in total. The van der Waals surface area contributed by atoms with E-state index in [1.807, 2.05) is 6.92 Å². The van der Waals surface area contributed by atoms with E-state index in [9.17, 15) is 4.79 Å². The molecule has 0 bridgehead atoms. The molecule has 10 heteroatoms. The summed E-state index contributed by atoms with van der Waals surface area (Å²) in [5, 5.41) is 3.41. The van der Waals surface area contributed by atoms with Gasteiger partial charge in [-0.05, 0) is 37.8 Å². The number of ether oxygens (including phenoxy) is 3. The zero-order valence-electron chi connectivity index (χ0n) is 16.8. The summed E-state index contributed by atoms with van der Waals surface area (Å²) in [5.41, 5.74) is 0.660. The molecule has 30 heavy (non-hydrogen) atoms. The zero-order chi connectivity index (χ0) is 21.5. The van der Waals surface area contributed by atoms with Gasteiger partial charge in [0.2, 0.25) is 17.7 Å². The molecular weight excluding hydrogens is 431 g/mol. The van der Waals surface area contributed by atoms with E-state index in [1.54, 1.807) is 18.2 Å². The zero-order valence-corrected chi connectivity index (χ0v) is 18.3. The number of rotatable bonds is 10. The maximum Gasteiger partial charge on any atom is 0.240 e. The number of nitrogens with zero attached hydrogens (tertiary/aromatic N) is 3. The summed E-state index contributed by atoms with van der Waals surface area (Å²) in [6.07, 6.45) is 3.30. The van der Waals surface area contributed by atoms with Gasteiger partial charge in [-0.3, -0.25) is 4.79 Å². The van der Waals surface area contributed by atoms with Crippen molar-refractivity contribution in [2.75, 3.05) is 13.2 Å². The van der Waals surface area contributed by atoms with Crippen molar-refractivity contribution in [3.05, 3.63) is 40.4 Å². The van der Waals surface area contributed by atoms with Gasteiger partial charge in [-0.2, -0.15) is 0 Å². The highest BCUT2D eigenvalue weighted by Gasteiger charge is 2.31. The quantitative estimate of drug-likeness (QED) is 0.549. The summed E-state index contributed by atoms with van der Waals surface area (Å²) in [7, 11) is 0. The first-order chi connectivity index (χ1) is 14.4. The normalized spacial score (nSPS) is 18.9. The van der Waals surface area contributed by atoms with Crippen LogP contribution in [-0.2, 0) is 16.1 Å². The van der Waals surface area contributed by atoms with E-state index in [2.05, 4.69) is 20.3 Å². The van der Waals surface area contributed by atoms with E-state index in [-0.39, 0.29) is 41.4 Å². The fourth-order valence-corrected chi connectivity index (χ4v) is 3.41. The third kappa shape index (κ3) is 6.68. The molecule has 8 nitrogen and oxygen atoms in total. The summed E-state index contributed by atoms with van der Waals surface area (Å²) in [5.74, 6) is 0.812. The Kier molecular flexibility index (Phi) is 8.07. The van der Waals surface area contributed by atoms with Crippen LogP contribution in [0.15, 0.2) is 24.5 Å². The van der Waals surface area contributed by atoms with Crippen LogP contribution in [0.5, 0.6) is 11.8 Å². The summed E-state index contributed by atoms with van der Waals surface area (Å²) in [6.45, 7) is 4.57. The Bertz CT molecular complexity index is 864. The minimum atomic E-state index is -0.0557. The van der Waals surface area contributed by atoms with Gasteiger partial charge in [-0.15, -0.1) is 0 Å². The molecule has 2 aromatic heterocycles. The topological polar surface area (TPSA) is 95.5 Å². The molecule has 0 radical (unpaired) electrons. The third-order valence-electron chi connectivity index (χ3n) is 4.53. The van der Waals surface area contributed by atoms with E-state index >= 15 is 0 Å². The SMILES string of the molecule is CC(=O)N[C@@H](C)CO[C@H]1C[C@H](COc2ncnc(OCc3cccc(Cl)n3)c2Cl)C1. The molecule has 3 rings (SSSR count). The van der Waals surface area contributed by atoms with Crippen LogP contribution in [0.1, 0.15) is 32.4 Å². The third-order valence-corrected chi connectivity index (χ3v) is 5.07. The van der Waals surface area contributed by atoms with Crippen LogP contribution in [0.4, 0.5) is 0 Å². The van der Waals surface area contributed by atoms with Crippen molar-refractivity contribution < 1.29 is 19.0 Å². The lowest BCUT2D eigenvalue weighted by Crippen LogP contribution is -2.40. The van der Waals surface area contributed by atoms with Crippen molar-refractivity contribution in [2.24, 2.45) is 5.92 Å². The Morgan fingerprint density at radius 1 is 1.23 bits per heavy atom. The van der Waals surface area contributed by atoms with Gasteiger partial charge in [0, 0.05) is 13.0 Å². The van der Waals surface area contributed by atoms with E-state index in [0.717, 1.165) is 12.8 Å². The molecule has 1 aliphatic carbocycles. The Labute approximate surface area is 185 Å². The van der Waals surface area contributed by atoms with Gasteiger partial charge < -0.3 is 19.5 Å². The molecule has 1 saturated carbocycles. The fraction of sp³-hybridized carbons (Fsp3) is 0.500. The molecule has 1 fully saturated rings. The van der Waals surface area contributed by atoms with Crippen molar-refractivity contribution in [1.29, 1.82) is 0 Å². The second-order valence-corrected chi connectivity index (χ2v) is 8.01. The van der Waals surface area contributed by atoms with Gasteiger partial charge in [0.1, 0.15) is 18.1 Å². The average Bonchev–Trinajstić information content (AvgIpc) is 2.66. The Morgan fingerprint density at radius 3 is 2.67 bits per heavy atom.